The van der Waals surface area contributed by atoms with Crippen LogP contribution in [0.1, 0.15) is 26.3 Å². The Morgan fingerprint density at radius 1 is 1.17 bits per heavy atom. The van der Waals surface area contributed by atoms with Gasteiger partial charge in [0, 0.05) is 17.6 Å². The molecular weight excluding hydrogens is 462 g/mol. The van der Waals surface area contributed by atoms with E-state index in [-0.39, 0.29) is 22.6 Å². The quantitative estimate of drug-likeness (QED) is 0.370. The molecule has 0 spiro atoms. The molecule has 1 amide bonds. The van der Waals surface area contributed by atoms with Crippen molar-refractivity contribution in [1.29, 1.82) is 0 Å². The van der Waals surface area contributed by atoms with E-state index < -0.39 is 0 Å². The Bertz CT molecular complexity index is 1080. The molecule has 0 aliphatic carbocycles. The summed E-state index contributed by atoms with van der Waals surface area (Å²) in [7, 11) is 0. The van der Waals surface area contributed by atoms with E-state index in [9.17, 15) is 9.59 Å². The molecule has 1 aromatic heterocycles. The van der Waals surface area contributed by atoms with Gasteiger partial charge in [0.2, 0.25) is 5.91 Å². The van der Waals surface area contributed by atoms with Crippen molar-refractivity contribution in [2.24, 2.45) is 5.92 Å². The number of nitrogens with zero attached hydrogens (tertiary/aromatic N) is 2. The average Bonchev–Trinajstić information content (AvgIpc) is 2.72. The Kier molecular flexibility index (Phi) is 7.72. The minimum atomic E-state index is -0.362. The van der Waals surface area contributed by atoms with Crippen LogP contribution in [0.15, 0.2) is 63.0 Å². The number of halogens is 1. The lowest BCUT2D eigenvalue weighted by atomic mass is 10.1. The zero-order valence-corrected chi connectivity index (χ0v) is 19.8. The molecule has 3 aromatic rings. The molecule has 1 heterocycles. The van der Waals surface area contributed by atoms with Crippen LogP contribution in [0.5, 0.6) is 0 Å². The summed E-state index contributed by atoms with van der Waals surface area (Å²) in [6.07, 6.45) is 0.783. The van der Waals surface area contributed by atoms with Crippen molar-refractivity contribution in [3.8, 4) is 0 Å². The van der Waals surface area contributed by atoms with Gasteiger partial charge in [0.05, 0.1) is 16.2 Å². The number of nitrogens with one attached hydrogen (secondary N) is 1. The summed E-state index contributed by atoms with van der Waals surface area (Å²) in [6.45, 7) is 7.10. The molecule has 5 nitrogen and oxygen atoms in total. The first-order valence-electron chi connectivity index (χ1n) is 10.0. The van der Waals surface area contributed by atoms with Gasteiger partial charge in [-0.05, 0) is 43.0 Å². The third kappa shape index (κ3) is 5.73. The summed E-state index contributed by atoms with van der Waals surface area (Å²) in [6, 6.07) is 15.6. The highest BCUT2D eigenvalue weighted by Gasteiger charge is 2.20. The molecule has 1 atom stereocenters. The Labute approximate surface area is 189 Å². The van der Waals surface area contributed by atoms with Crippen LogP contribution in [0.25, 0.3) is 10.9 Å². The Hall–Kier alpha value is -2.12. The fraction of sp³-hybridized carbons (Fsp3) is 0.348. The zero-order chi connectivity index (χ0) is 21.7. The van der Waals surface area contributed by atoms with E-state index in [0.29, 0.717) is 29.1 Å². The molecule has 2 aromatic carbocycles. The van der Waals surface area contributed by atoms with Crippen LogP contribution >= 0.6 is 27.7 Å². The number of benzene rings is 2. The van der Waals surface area contributed by atoms with Crippen LogP contribution in [0.4, 0.5) is 0 Å². The first-order valence-corrected chi connectivity index (χ1v) is 11.7. The van der Waals surface area contributed by atoms with Crippen molar-refractivity contribution >= 4 is 44.5 Å². The lowest BCUT2D eigenvalue weighted by molar-refractivity contribution is -0.120. The first kappa shape index (κ1) is 22.6. The molecule has 0 radical (unpaired) electrons. The summed E-state index contributed by atoms with van der Waals surface area (Å²) in [5.74, 6) is 0.223. The highest BCUT2D eigenvalue weighted by Crippen LogP contribution is 2.24. The smallest absolute Gasteiger partial charge is 0.262 e. The molecule has 1 unspecified atom stereocenters. The number of hydrogen-bond donors (Lipinski definition) is 1. The second-order valence-corrected chi connectivity index (χ2v) is 9.88. The van der Waals surface area contributed by atoms with Gasteiger partial charge in [0.15, 0.2) is 5.16 Å². The van der Waals surface area contributed by atoms with Crippen LogP contribution in [0.3, 0.4) is 0 Å². The van der Waals surface area contributed by atoms with Gasteiger partial charge in [-0.25, -0.2) is 4.98 Å². The third-order valence-electron chi connectivity index (χ3n) is 4.64. The number of rotatable bonds is 8. The van der Waals surface area contributed by atoms with E-state index in [0.717, 1.165) is 10.9 Å². The molecule has 1 N–H and O–H groups in total. The summed E-state index contributed by atoms with van der Waals surface area (Å²) >= 11 is 4.75. The molecule has 3 rings (SSSR count). The van der Waals surface area contributed by atoms with Gasteiger partial charge in [-0.3, -0.25) is 14.2 Å². The number of hydrogen-bond acceptors (Lipinski definition) is 4. The monoisotopic (exact) mass is 487 g/mol. The van der Waals surface area contributed by atoms with Gasteiger partial charge in [-0.1, -0.05) is 71.9 Å². The van der Waals surface area contributed by atoms with E-state index in [1.54, 1.807) is 10.6 Å². The Morgan fingerprint density at radius 3 is 2.60 bits per heavy atom. The maximum absolute atomic E-state index is 13.1. The summed E-state index contributed by atoms with van der Waals surface area (Å²) in [5, 5.41) is 3.78. The average molecular weight is 488 g/mol. The molecule has 30 heavy (non-hydrogen) atoms. The maximum Gasteiger partial charge on any atom is 0.262 e. The fourth-order valence-electron chi connectivity index (χ4n) is 3.12. The van der Waals surface area contributed by atoms with Gasteiger partial charge >= 0.3 is 0 Å². The van der Waals surface area contributed by atoms with Crippen molar-refractivity contribution in [3.05, 3.63) is 68.9 Å². The topological polar surface area (TPSA) is 64.0 Å². The zero-order valence-electron chi connectivity index (χ0n) is 17.4. The number of thioether (sulfide) groups is 1. The number of aromatic nitrogens is 2. The van der Waals surface area contributed by atoms with Crippen LogP contribution in [0, 0.1) is 5.92 Å². The number of fused-ring (bicyclic) bond motifs is 1. The van der Waals surface area contributed by atoms with E-state index in [2.05, 4.69) is 35.1 Å². The van der Waals surface area contributed by atoms with Crippen molar-refractivity contribution < 1.29 is 4.79 Å². The summed E-state index contributed by atoms with van der Waals surface area (Å²) in [4.78, 5) is 30.4. The Morgan fingerprint density at radius 2 is 1.90 bits per heavy atom. The lowest BCUT2D eigenvalue weighted by Crippen LogP contribution is -2.33. The normalized spacial score (nSPS) is 12.3. The fourth-order valence-corrected chi connectivity index (χ4v) is 4.42. The van der Waals surface area contributed by atoms with Crippen LogP contribution < -0.4 is 10.9 Å². The van der Waals surface area contributed by atoms with Crippen LogP contribution in [0.2, 0.25) is 0 Å². The molecule has 7 heteroatoms. The predicted octanol–water partition coefficient (Wildman–Crippen LogP) is 4.65. The molecule has 0 saturated heterocycles. The summed E-state index contributed by atoms with van der Waals surface area (Å²) < 4.78 is 2.54. The Balaban J connectivity index is 1.76. The molecule has 0 bridgehead atoms. The number of amides is 1. The van der Waals surface area contributed by atoms with Gasteiger partial charge in [0.25, 0.3) is 5.56 Å². The van der Waals surface area contributed by atoms with Crippen molar-refractivity contribution in [2.75, 3.05) is 6.54 Å². The minimum Gasteiger partial charge on any atom is -0.355 e. The molecule has 158 valence electrons. The predicted molar refractivity (Wildman–Crippen MR) is 127 cm³/mol. The number of carbonyl (C=O) groups is 1. The lowest BCUT2D eigenvalue weighted by Gasteiger charge is -2.17. The van der Waals surface area contributed by atoms with E-state index >= 15 is 0 Å². The standard InChI is InChI=1S/C23H26BrN3O2S/c1-15(2)14-27-22(29)19-13-18(24)9-10-20(19)26-23(27)30-16(3)21(28)25-12-11-17-7-5-4-6-8-17/h4-10,13,15-16H,11-12,14H2,1-3H3,(H,25,28). The molecule has 0 aliphatic heterocycles. The largest absolute Gasteiger partial charge is 0.355 e. The van der Waals surface area contributed by atoms with Gasteiger partial charge in [0.1, 0.15) is 0 Å². The maximum atomic E-state index is 13.1. The number of carbonyl (C=O) groups excluding carboxylic acids is 1. The van der Waals surface area contributed by atoms with Crippen molar-refractivity contribution in [3.63, 3.8) is 0 Å². The second-order valence-electron chi connectivity index (χ2n) is 7.65. The minimum absolute atomic E-state index is 0.0582. The summed E-state index contributed by atoms with van der Waals surface area (Å²) in [5.41, 5.74) is 1.75. The molecular formula is C23H26BrN3O2S. The van der Waals surface area contributed by atoms with E-state index in [1.807, 2.05) is 49.4 Å². The van der Waals surface area contributed by atoms with Gasteiger partial charge < -0.3 is 5.32 Å². The van der Waals surface area contributed by atoms with Crippen molar-refractivity contribution in [1.82, 2.24) is 14.9 Å². The second kappa shape index (κ2) is 10.3. The van der Waals surface area contributed by atoms with Gasteiger partial charge in [-0.15, -0.1) is 0 Å². The van der Waals surface area contributed by atoms with Crippen molar-refractivity contribution in [2.45, 2.75) is 44.1 Å². The third-order valence-corrected chi connectivity index (χ3v) is 6.22. The highest BCUT2D eigenvalue weighted by molar-refractivity contribution is 9.10. The van der Waals surface area contributed by atoms with E-state index in [1.165, 1.54) is 17.3 Å². The molecule has 0 fully saturated rings. The van der Waals surface area contributed by atoms with Crippen LogP contribution in [-0.4, -0.2) is 27.3 Å². The molecule has 0 aliphatic rings. The molecule has 0 saturated carbocycles. The first-order chi connectivity index (χ1) is 14.3. The SMILES string of the molecule is CC(C)Cn1c(SC(C)C(=O)NCCc2ccccc2)nc2ccc(Br)cc2c1=O. The van der Waals surface area contributed by atoms with Crippen LogP contribution in [-0.2, 0) is 17.8 Å². The highest BCUT2D eigenvalue weighted by atomic mass is 79.9. The van der Waals surface area contributed by atoms with E-state index in [4.69, 9.17) is 4.98 Å². The van der Waals surface area contributed by atoms with Gasteiger partial charge in [-0.2, -0.15) is 0 Å².